The molecule has 1 fully saturated rings. The third-order valence-corrected chi connectivity index (χ3v) is 5.02. The van der Waals surface area contributed by atoms with Crippen molar-refractivity contribution >= 4 is 23.5 Å². The molecule has 0 spiro atoms. The number of nitrogens with zero attached hydrogens (tertiary/aromatic N) is 1. The lowest BCUT2D eigenvalue weighted by Crippen LogP contribution is -2.32. The molecule has 1 saturated heterocycles. The molecular weight excluding hydrogens is 366 g/mol. The molecule has 0 radical (unpaired) electrons. The second-order valence-corrected chi connectivity index (χ2v) is 7.65. The molecule has 2 aliphatic heterocycles. The first-order chi connectivity index (χ1) is 14.0. The van der Waals surface area contributed by atoms with Crippen molar-refractivity contribution in [3.05, 3.63) is 59.9 Å². The largest absolute Gasteiger partial charge is 0.491 e. The van der Waals surface area contributed by atoms with Crippen LogP contribution in [0.1, 0.15) is 42.7 Å². The molecule has 29 heavy (non-hydrogen) atoms. The van der Waals surface area contributed by atoms with Gasteiger partial charge in [0, 0.05) is 30.1 Å². The van der Waals surface area contributed by atoms with Gasteiger partial charge in [0.2, 0.25) is 0 Å². The highest BCUT2D eigenvalue weighted by atomic mass is 16.5. The highest BCUT2D eigenvalue weighted by molar-refractivity contribution is 5.96. The zero-order chi connectivity index (χ0) is 20.4. The SMILES string of the molecule is C=C1C=Cc2cc(C(=O)NCC3CCCO3)[nH]c2N1c1ccc(OC(C)C)cc1. The van der Waals surface area contributed by atoms with Crippen LogP contribution in [0.2, 0.25) is 0 Å². The smallest absolute Gasteiger partial charge is 0.267 e. The Balaban J connectivity index is 1.53. The Hall–Kier alpha value is -2.99. The van der Waals surface area contributed by atoms with Gasteiger partial charge in [-0.2, -0.15) is 0 Å². The molecule has 1 atom stereocenters. The van der Waals surface area contributed by atoms with Crippen molar-refractivity contribution in [1.82, 2.24) is 10.3 Å². The minimum absolute atomic E-state index is 0.117. The number of fused-ring (bicyclic) bond motifs is 1. The average molecular weight is 393 g/mol. The van der Waals surface area contributed by atoms with E-state index in [9.17, 15) is 4.79 Å². The van der Waals surface area contributed by atoms with Crippen LogP contribution in [-0.4, -0.2) is 36.3 Å². The molecule has 4 rings (SSSR count). The summed E-state index contributed by atoms with van der Waals surface area (Å²) < 4.78 is 11.3. The number of allylic oxidation sites excluding steroid dienone is 1. The van der Waals surface area contributed by atoms with Gasteiger partial charge in [0.05, 0.1) is 12.2 Å². The number of hydrogen-bond acceptors (Lipinski definition) is 4. The molecule has 1 amide bonds. The first-order valence-corrected chi connectivity index (χ1v) is 10.1. The van der Waals surface area contributed by atoms with Crippen LogP contribution in [0.15, 0.2) is 48.7 Å². The first kappa shape index (κ1) is 19.3. The maximum atomic E-state index is 12.6. The lowest BCUT2D eigenvalue weighted by Gasteiger charge is -2.27. The topological polar surface area (TPSA) is 66.6 Å². The summed E-state index contributed by atoms with van der Waals surface area (Å²) in [4.78, 5) is 17.9. The average Bonchev–Trinajstić information content (AvgIpc) is 3.36. The molecule has 0 aliphatic carbocycles. The van der Waals surface area contributed by atoms with Gasteiger partial charge < -0.3 is 19.8 Å². The Morgan fingerprint density at radius 2 is 2.14 bits per heavy atom. The van der Waals surface area contributed by atoms with Crippen LogP contribution in [0.4, 0.5) is 11.5 Å². The van der Waals surface area contributed by atoms with Gasteiger partial charge in [-0.15, -0.1) is 0 Å². The summed E-state index contributed by atoms with van der Waals surface area (Å²) in [5.74, 6) is 1.52. The number of ether oxygens (including phenoxy) is 2. The summed E-state index contributed by atoms with van der Waals surface area (Å²) >= 11 is 0. The molecule has 6 nitrogen and oxygen atoms in total. The second kappa shape index (κ2) is 8.17. The minimum Gasteiger partial charge on any atom is -0.491 e. The van der Waals surface area contributed by atoms with Crippen LogP contribution in [0, 0.1) is 0 Å². The Morgan fingerprint density at radius 3 is 2.83 bits per heavy atom. The van der Waals surface area contributed by atoms with E-state index < -0.39 is 0 Å². The standard InChI is InChI=1S/C23H27N3O3/c1-15(2)29-19-10-8-18(9-11-19)26-16(3)6-7-17-13-21(25-22(17)26)23(27)24-14-20-5-4-12-28-20/h6-11,13,15,20,25H,3-5,12,14H2,1-2H3,(H,24,27). The number of anilines is 2. The highest BCUT2D eigenvalue weighted by Gasteiger charge is 2.23. The highest BCUT2D eigenvalue weighted by Crippen LogP contribution is 2.37. The number of aromatic amines is 1. The molecule has 3 heterocycles. The summed E-state index contributed by atoms with van der Waals surface area (Å²) in [7, 11) is 0. The Morgan fingerprint density at radius 1 is 1.34 bits per heavy atom. The number of carbonyl (C=O) groups is 1. The van der Waals surface area contributed by atoms with Gasteiger partial charge >= 0.3 is 0 Å². The molecule has 2 aliphatic rings. The third kappa shape index (κ3) is 4.22. The molecule has 1 aromatic heterocycles. The number of amides is 1. The first-order valence-electron chi connectivity index (χ1n) is 10.1. The van der Waals surface area contributed by atoms with E-state index in [1.54, 1.807) is 0 Å². The molecule has 1 unspecified atom stereocenters. The predicted octanol–water partition coefficient (Wildman–Crippen LogP) is 4.39. The number of nitrogens with one attached hydrogen (secondary N) is 2. The Kier molecular flexibility index (Phi) is 5.45. The number of carbonyl (C=O) groups excluding carboxylic acids is 1. The number of hydrogen-bond donors (Lipinski definition) is 2. The lowest BCUT2D eigenvalue weighted by atomic mass is 10.1. The van der Waals surface area contributed by atoms with Crippen molar-refractivity contribution in [1.29, 1.82) is 0 Å². The van der Waals surface area contributed by atoms with Crippen molar-refractivity contribution in [3.63, 3.8) is 0 Å². The number of benzene rings is 1. The van der Waals surface area contributed by atoms with Crippen molar-refractivity contribution in [2.24, 2.45) is 0 Å². The van der Waals surface area contributed by atoms with Gasteiger partial charge in [-0.05, 0) is 69.2 Å². The van der Waals surface area contributed by atoms with Crippen LogP contribution in [0.5, 0.6) is 5.75 Å². The quantitative estimate of drug-likeness (QED) is 0.764. The van der Waals surface area contributed by atoms with E-state index in [1.165, 1.54) is 0 Å². The summed E-state index contributed by atoms with van der Waals surface area (Å²) in [5, 5.41) is 2.96. The summed E-state index contributed by atoms with van der Waals surface area (Å²) in [6.07, 6.45) is 6.21. The number of rotatable bonds is 6. The monoisotopic (exact) mass is 393 g/mol. The maximum Gasteiger partial charge on any atom is 0.267 e. The maximum absolute atomic E-state index is 12.6. The molecule has 2 aromatic rings. The van der Waals surface area contributed by atoms with Gasteiger partial charge in [-0.1, -0.05) is 6.58 Å². The number of aromatic nitrogens is 1. The van der Waals surface area contributed by atoms with Crippen LogP contribution in [0.25, 0.3) is 6.08 Å². The molecule has 2 N–H and O–H groups in total. The van der Waals surface area contributed by atoms with Crippen molar-refractivity contribution in [3.8, 4) is 5.75 Å². The van der Waals surface area contributed by atoms with Gasteiger partial charge in [-0.3, -0.25) is 9.69 Å². The van der Waals surface area contributed by atoms with Crippen LogP contribution in [0.3, 0.4) is 0 Å². The molecular formula is C23H27N3O3. The Labute approximate surface area is 171 Å². The minimum atomic E-state index is -0.130. The lowest BCUT2D eigenvalue weighted by molar-refractivity contribution is 0.0854. The van der Waals surface area contributed by atoms with Crippen LogP contribution < -0.4 is 15.0 Å². The number of H-pyrrole nitrogens is 1. The van der Waals surface area contributed by atoms with E-state index in [0.717, 1.165) is 48.0 Å². The fraction of sp³-hybridized carbons (Fsp3) is 0.348. The zero-order valence-electron chi connectivity index (χ0n) is 16.9. The molecule has 6 heteroatoms. The van der Waals surface area contributed by atoms with Crippen LogP contribution in [-0.2, 0) is 4.74 Å². The third-order valence-electron chi connectivity index (χ3n) is 5.02. The van der Waals surface area contributed by atoms with Gasteiger partial charge in [0.1, 0.15) is 17.3 Å². The van der Waals surface area contributed by atoms with Gasteiger partial charge in [0.15, 0.2) is 0 Å². The molecule has 1 aromatic carbocycles. The normalized spacial score (nSPS) is 18.2. The molecule has 0 bridgehead atoms. The van der Waals surface area contributed by atoms with Crippen molar-refractivity contribution in [2.45, 2.75) is 38.9 Å². The van der Waals surface area contributed by atoms with E-state index in [0.29, 0.717) is 12.2 Å². The van der Waals surface area contributed by atoms with Crippen molar-refractivity contribution < 1.29 is 14.3 Å². The summed E-state index contributed by atoms with van der Waals surface area (Å²) in [6.45, 7) is 9.47. The van der Waals surface area contributed by atoms with Crippen LogP contribution >= 0.6 is 0 Å². The van der Waals surface area contributed by atoms with Gasteiger partial charge in [0.25, 0.3) is 5.91 Å². The van der Waals surface area contributed by atoms with E-state index in [1.807, 2.05) is 61.2 Å². The fourth-order valence-corrected chi connectivity index (χ4v) is 3.65. The van der Waals surface area contributed by atoms with E-state index >= 15 is 0 Å². The predicted molar refractivity (Wildman–Crippen MR) is 115 cm³/mol. The summed E-state index contributed by atoms with van der Waals surface area (Å²) in [6, 6.07) is 9.73. The second-order valence-electron chi connectivity index (χ2n) is 7.65. The van der Waals surface area contributed by atoms with Crippen molar-refractivity contribution in [2.75, 3.05) is 18.1 Å². The molecule has 0 saturated carbocycles. The van der Waals surface area contributed by atoms with Gasteiger partial charge in [-0.25, -0.2) is 0 Å². The zero-order valence-corrected chi connectivity index (χ0v) is 16.9. The Bertz CT molecular complexity index is 921. The van der Waals surface area contributed by atoms with E-state index in [2.05, 4.69) is 16.9 Å². The summed E-state index contributed by atoms with van der Waals surface area (Å²) in [5.41, 5.74) is 3.24. The fourth-order valence-electron chi connectivity index (χ4n) is 3.65. The van der Waals surface area contributed by atoms with E-state index in [4.69, 9.17) is 9.47 Å². The van der Waals surface area contributed by atoms with E-state index in [-0.39, 0.29) is 18.1 Å². The molecule has 152 valence electrons.